The molecular weight excluding hydrogens is 566 g/mol. The summed E-state index contributed by atoms with van der Waals surface area (Å²) in [5.74, 6) is 0.440. The van der Waals surface area contributed by atoms with Gasteiger partial charge in [-0.25, -0.2) is 4.98 Å². The first-order chi connectivity index (χ1) is 21.9. The molecule has 3 amide bonds. The van der Waals surface area contributed by atoms with Crippen molar-refractivity contribution in [2.24, 2.45) is 0 Å². The third-order valence-corrected chi connectivity index (χ3v) is 9.93. The van der Waals surface area contributed by atoms with Gasteiger partial charge in [-0.2, -0.15) is 0 Å². The fourth-order valence-corrected chi connectivity index (χ4v) is 7.27. The highest BCUT2D eigenvalue weighted by atomic mass is 16.5. The van der Waals surface area contributed by atoms with Crippen LogP contribution in [0.15, 0.2) is 60.8 Å². The lowest BCUT2D eigenvalue weighted by atomic mass is 9.87. The summed E-state index contributed by atoms with van der Waals surface area (Å²) in [6.45, 7) is 7.45. The molecule has 45 heavy (non-hydrogen) atoms. The SMILES string of the molecule is Cc1ccc(OC2CCN(c3ccc(CN4CCC(c5ccc6c(c5)CN(C5CCC(=O)NC5=O)C6=O)CC4)cc3)CC2)nc1. The Morgan fingerprint density at radius 3 is 2.38 bits per heavy atom. The molecule has 234 valence electrons. The number of ether oxygens (including phenoxy) is 1. The average Bonchev–Trinajstić information content (AvgIpc) is 3.38. The van der Waals surface area contributed by atoms with Crippen LogP contribution in [-0.2, 0) is 22.7 Å². The quantitative estimate of drug-likeness (QED) is 0.393. The van der Waals surface area contributed by atoms with Crippen LogP contribution >= 0.6 is 0 Å². The fraction of sp³-hybridized carbons (Fsp3) is 0.444. The number of aryl methyl sites for hydroxylation is 1. The predicted molar refractivity (Wildman–Crippen MR) is 171 cm³/mol. The van der Waals surface area contributed by atoms with E-state index in [1.54, 1.807) is 4.90 Å². The lowest BCUT2D eigenvalue weighted by Gasteiger charge is -2.34. The highest BCUT2D eigenvalue weighted by molar-refractivity contribution is 6.05. The van der Waals surface area contributed by atoms with Crippen molar-refractivity contribution in [2.45, 2.75) is 76.6 Å². The van der Waals surface area contributed by atoms with E-state index in [-0.39, 0.29) is 30.2 Å². The lowest BCUT2D eigenvalue weighted by Crippen LogP contribution is -2.52. The number of piperidine rings is 3. The van der Waals surface area contributed by atoms with Gasteiger partial charge in [-0.1, -0.05) is 30.3 Å². The summed E-state index contributed by atoms with van der Waals surface area (Å²) in [7, 11) is 0. The van der Waals surface area contributed by atoms with Gasteiger partial charge in [0.1, 0.15) is 12.1 Å². The van der Waals surface area contributed by atoms with Gasteiger partial charge < -0.3 is 14.5 Å². The maximum atomic E-state index is 13.1. The summed E-state index contributed by atoms with van der Waals surface area (Å²) in [5.41, 5.74) is 6.70. The number of carbonyl (C=O) groups is 3. The Morgan fingerprint density at radius 1 is 0.889 bits per heavy atom. The van der Waals surface area contributed by atoms with Crippen LogP contribution in [0.4, 0.5) is 5.69 Å². The molecule has 2 aromatic carbocycles. The van der Waals surface area contributed by atoms with Crippen LogP contribution in [-0.4, -0.2) is 70.8 Å². The number of pyridine rings is 1. The minimum Gasteiger partial charge on any atom is -0.474 e. The zero-order valence-electron chi connectivity index (χ0n) is 25.9. The topological polar surface area (TPSA) is 95.1 Å². The van der Waals surface area contributed by atoms with Gasteiger partial charge in [0.2, 0.25) is 17.7 Å². The van der Waals surface area contributed by atoms with Gasteiger partial charge in [0.05, 0.1) is 0 Å². The Hall–Kier alpha value is -4.24. The summed E-state index contributed by atoms with van der Waals surface area (Å²) in [4.78, 5) is 48.0. The number of nitrogens with one attached hydrogen (secondary N) is 1. The first-order valence-electron chi connectivity index (χ1n) is 16.3. The number of hydrogen-bond acceptors (Lipinski definition) is 7. The molecular formula is C36H41N5O4. The minimum atomic E-state index is -0.572. The molecule has 0 aliphatic carbocycles. The second-order valence-corrected chi connectivity index (χ2v) is 13.0. The number of benzene rings is 2. The van der Waals surface area contributed by atoms with Gasteiger partial charge in [0.15, 0.2) is 0 Å². The molecule has 1 aromatic heterocycles. The van der Waals surface area contributed by atoms with Crippen LogP contribution in [0.25, 0.3) is 0 Å². The molecule has 3 fully saturated rings. The van der Waals surface area contributed by atoms with E-state index >= 15 is 0 Å². The molecule has 0 spiro atoms. The van der Waals surface area contributed by atoms with Crippen molar-refractivity contribution in [1.82, 2.24) is 20.1 Å². The van der Waals surface area contributed by atoms with E-state index < -0.39 is 6.04 Å². The summed E-state index contributed by atoms with van der Waals surface area (Å²) in [6.07, 6.45) is 6.87. The van der Waals surface area contributed by atoms with E-state index in [4.69, 9.17) is 4.74 Å². The number of likely N-dealkylation sites (tertiary alicyclic amines) is 1. The van der Waals surface area contributed by atoms with Gasteiger partial charge in [-0.3, -0.25) is 24.6 Å². The molecule has 3 saturated heterocycles. The van der Waals surface area contributed by atoms with E-state index in [0.29, 0.717) is 24.4 Å². The number of amides is 3. The summed E-state index contributed by atoms with van der Waals surface area (Å²) < 4.78 is 6.11. The Labute approximate surface area is 264 Å². The zero-order chi connectivity index (χ0) is 30.9. The normalized spacial score (nSPS) is 21.6. The Balaban J connectivity index is 0.881. The molecule has 4 aliphatic heterocycles. The minimum absolute atomic E-state index is 0.110. The van der Waals surface area contributed by atoms with E-state index in [1.807, 2.05) is 31.3 Å². The molecule has 0 bridgehead atoms. The van der Waals surface area contributed by atoms with Crippen molar-refractivity contribution in [2.75, 3.05) is 31.1 Å². The number of aromatic nitrogens is 1. The summed E-state index contributed by atoms with van der Waals surface area (Å²) >= 11 is 0. The number of rotatable bonds is 7. The third kappa shape index (κ3) is 6.45. The number of imide groups is 1. The number of anilines is 1. The maximum Gasteiger partial charge on any atom is 0.255 e. The Morgan fingerprint density at radius 2 is 1.67 bits per heavy atom. The van der Waals surface area contributed by atoms with Gasteiger partial charge >= 0.3 is 0 Å². The molecule has 3 aromatic rings. The van der Waals surface area contributed by atoms with Crippen molar-refractivity contribution in [3.63, 3.8) is 0 Å². The molecule has 4 aliphatic rings. The fourth-order valence-electron chi connectivity index (χ4n) is 7.27. The standard InChI is InChI=1S/C36H41N5O4/c1-24-2-11-34(37-21-24)45-30-14-18-40(19-15-30)29-6-3-25(4-7-29)22-39-16-12-26(13-17-39)27-5-8-31-28(20-27)23-41(36(31)44)32-9-10-33(42)38-35(32)43/h2-8,11,20-21,26,30,32H,9-10,12-19,22-23H2,1H3,(H,38,42,43). The van der Waals surface area contributed by atoms with Crippen LogP contribution in [0.3, 0.4) is 0 Å². The molecule has 0 radical (unpaired) electrons. The maximum absolute atomic E-state index is 13.1. The van der Waals surface area contributed by atoms with E-state index in [0.717, 1.165) is 75.4 Å². The predicted octanol–water partition coefficient (Wildman–Crippen LogP) is 4.58. The zero-order valence-corrected chi connectivity index (χ0v) is 25.9. The second-order valence-electron chi connectivity index (χ2n) is 13.0. The van der Waals surface area contributed by atoms with Crippen molar-refractivity contribution in [3.8, 4) is 5.88 Å². The lowest BCUT2D eigenvalue weighted by molar-refractivity contribution is -0.136. The molecule has 9 heteroatoms. The van der Waals surface area contributed by atoms with Crippen molar-refractivity contribution in [1.29, 1.82) is 0 Å². The molecule has 1 atom stereocenters. The smallest absolute Gasteiger partial charge is 0.255 e. The van der Waals surface area contributed by atoms with Crippen molar-refractivity contribution in [3.05, 3.63) is 88.6 Å². The van der Waals surface area contributed by atoms with Gasteiger partial charge in [0.25, 0.3) is 5.91 Å². The molecule has 5 heterocycles. The first kappa shape index (κ1) is 29.5. The molecule has 0 saturated carbocycles. The van der Waals surface area contributed by atoms with Crippen molar-refractivity contribution >= 4 is 23.4 Å². The third-order valence-electron chi connectivity index (χ3n) is 9.93. The Bertz CT molecular complexity index is 1560. The summed E-state index contributed by atoms with van der Waals surface area (Å²) in [6, 6.07) is 18.7. The number of carbonyl (C=O) groups excluding carboxylic acids is 3. The van der Waals surface area contributed by atoms with E-state index in [2.05, 4.69) is 56.5 Å². The van der Waals surface area contributed by atoms with Gasteiger partial charge in [-0.15, -0.1) is 0 Å². The Kier molecular flexibility index (Phi) is 8.27. The first-order valence-corrected chi connectivity index (χ1v) is 16.3. The van der Waals surface area contributed by atoms with E-state index in [1.165, 1.54) is 16.8 Å². The van der Waals surface area contributed by atoms with E-state index in [9.17, 15) is 14.4 Å². The average molecular weight is 608 g/mol. The molecule has 9 nitrogen and oxygen atoms in total. The van der Waals surface area contributed by atoms with Crippen LogP contribution in [0, 0.1) is 6.92 Å². The molecule has 1 unspecified atom stereocenters. The highest BCUT2D eigenvalue weighted by Crippen LogP contribution is 2.34. The van der Waals surface area contributed by atoms with Crippen LogP contribution in [0.5, 0.6) is 5.88 Å². The van der Waals surface area contributed by atoms with Crippen LogP contribution in [0.1, 0.15) is 77.1 Å². The number of fused-ring (bicyclic) bond motifs is 1. The number of nitrogens with zero attached hydrogens (tertiary/aromatic N) is 4. The largest absolute Gasteiger partial charge is 0.474 e. The molecule has 1 N–H and O–H groups in total. The van der Waals surface area contributed by atoms with Crippen molar-refractivity contribution < 1.29 is 19.1 Å². The van der Waals surface area contributed by atoms with Crippen LogP contribution < -0.4 is 15.0 Å². The highest BCUT2D eigenvalue weighted by Gasteiger charge is 2.39. The van der Waals surface area contributed by atoms with Crippen LogP contribution in [0.2, 0.25) is 0 Å². The van der Waals surface area contributed by atoms with Gasteiger partial charge in [0, 0.05) is 69.0 Å². The molecule has 7 rings (SSSR count). The second kappa shape index (κ2) is 12.6. The number of hydrogen-bond donors (Lipinski definition) is 1. The monoisotopic (exact) mass is 607 g/mol. The van der Waals surface area contributed by atoms with Gasteiger partial charge in [-0.05, 0) is 85.6 Å². The summed E-state index contributed by atoms with van der Waals surface area (Å²) in [5, 5.41) is 2.38.